The Morgan fingerprint density at radius 3 is 1.64 bits per heavy atom. The average Bonchev–Trinajstić information content (AvgIpc) is 3.23. The summed E-state index contributed by atoms with van der Waals surface area (Å²) >= 11 is 0. The van der Waals surface area contributed by atoms with Gasteiger partial charge < -0.3 is 18.6 Å². The zero-order valence-electron chi connectivity index (χ0n) is 35.7. The number of hydroxylamine groups is 1. The van der Waals surface area contributed by atoms with Crippen molar-refractivity contribution >= 4 is 26.0 Å². The van der Waals surface area contributed by atoms with Crippen LogP contribution in [0.2, 0.25) is 17.1 Å². The summed E-state index contributed by atoms with van der Waals surface area (Å²) in [6.07, 6.45) is -6.23. The summed E-state index contributed by atoms with van der Waals surface area (Å²) in [5.74, 6) is -57.0. The standard InChI is InChI=1S/C40H45F17N2O7Si/c1-24(2)67(25(3)4,23-20-33(41,42)34(43,44)35(45,46)36(47,48)37(49,50)38(51,52)39(53,54)40(55,56)57)65-22-21-64-29-16-12-26(13-17-29)30(10-8-6-7-9-11-31(60)59-62)66-32(61)58-27-14-18-28(63-5)19-15-27/h6-7,9,11-19,24-25,30,62H,8,10,20-23H2,1-5H3,(H,58,61)(H,59,60)/b7-6+,11-9+/t30-/m0/s1. The lowest BCUT2D eigenvalue weighted by molar-refractivity contribution is -0.461. The number of anilines is 1. The third-order valence-corrected chi connectivity index (χ3v) is 16.0. The molecule has 0 fully saturated rings. The molecule has 0 saturated carbocycles. The number of hydrogen-bond donors (Lipinski definition) is 3. The highest BCUT2D eigenvalue weighted by atomic mass is 28.4. The molecule has 0 saturated heterocycles. The lowest BCUT2D eigenvalue weighted by atomic mass is 9.88. The Hall–Kier alpha value is -4.79. The third kappa shape index (κ3) is 12.7. The predicted molar refractivity (Wildman–Crippen MR) is 207 cm³/mol. The Balaban J connectivity index is 2.26. The molecule has 2 rings (SSSR count). The van der Waals surface area contributed by atoms with Crippen LogP contribution in [-0.2, 0) is 14.0 Å². The fourth-order valence-corrected chi connectivity index (χ4v) is 10.8. The van der Waals surface area contributed by atoms with Gasteiger partial charge in [0.1, 0.15) is 24.2 Å². The summed E-state index contributed by atoms with van der Waals surface area (Å²) in [5.41, 5.74) is 0.413. The van der Waals surface area contributed by atoms with E-state index in [1.54, 1.807) is 30.3 Å². The van der Waals surface area contributed by atoms with E-state index < -0.39 is 111 Å². The quantitative estimate of drug-likeness (QED) is 0.0173. The molecule has 0 radical (unpaired) electrons. The Morgan fingerprint density at radius 1 is 0.672 bits per heavy atom. The number of halogens is 17. The Bertz CT molecular complexity index is 1970. The molecule has 27 heteroatoms. The number of amides is 2. The van der Waals surface area contributed by atoms with Crippen LogP contribution in [0.4, 0.5) is 85.1 Å². The van der Waals surface area contributed by atoms with Gasteiger partial charge in [-0.2, -0.15) is 74.6 Å². The summed E-state index contributed by atoms with van der Waals surface area (Å²) in [6, 6.07) is 10.7. The van der Waals surface area contributed by atoms with Gasteiger partial charge in [-0.1, -0.05) is 58.1 Å². The molecule has 9 nitrogen and oxygen atoms in total. The smallest absolute Gasteiger partial charge is 0.460 e. The van der Waals surface area contributed by atoms with E-state index in [0.717, 1.165) is 6.08 Å². The van der Waals surface area contributed by atoms with Gasteiger partial charge in [0.15, 0.2) is 8.32 Å². The zero-order valence-corrected chi connectivity index (χ0v) is 36.7. The van der Waals surface area contributed by atoms with Gasteiger partial charge in [0, 0.05) is 18.2 Å². The van der Waals surface area contributed by atoms with Crippen molar-refractivity contribution < 1.29 is 108 Å². The fraction of sp³-hybridized carbons (Fsp3) is 0.550. The van der Waals surface area contributed by atoms with Crippen LogP contribution in [0.25, 0.3) is 0 Å². The van der Waals surface area contributed by atoms with E-state index in [0.29, 0.717) is 23.4 Å². The van der Waals surface area contributed by atoms with Crippen LogP contribution in [0, 0.1) is 0 Å². The highest BCUT2D eigenvalue weighted by molar-refractivity contribution is 6.76. The minimum Gasteiger partial charge on any atom is -0.497 e. The molecule has 0 aliphatic carbocycles. The minimum absolute atomic E-state index is 0.118. The van der Waals surface area contributed by atoms with Gasteiger partial charge in [-0.25, -0.2) is 10.3 Å². The molecule has 0 unspecified atom stereocenters. The number of allylic oxidation sites excluding steroid dienone is 3. The molecule has 3 N–H and O–H groups in total. The number of carbonyl (C=O) groups excluding carboxylic acids is 2. The molecule has 2 amide bonds. The van der Waals surface area contributed by atoms with Crippen LogP contribution in [0.1, 0.15) is 58.6 Å². The molecule has 0 bridgehead atoms. The highest BCUT2D eigenvalue weighted by Gasteiger charge is 2.95. The number of alkyl halides is 17. The van der Waals surface area contributed by atoms with E-state index in [1.165, 1.54) is 76.7 Å². The second-order valence-corrected chi connectivity index (χ2v) is 20.3. The van der Waals surface area contributed by atoms with E-state index in [1.807, 2.05) is 0 Å². The van der Waals surface area contributed by atoms with Crippen LogP contribution < -0.4 is 20.3 Å². The number of ether oxygens (including phenoxy) is 3. The molecule has 0 heterocycles. The van der Waals surface area contributed by atoms with E-state index in [4.69, 9.17) is 23.8 Å². The summed E-state index contributed by atoms with van der Waals surface area (Å²) in [7, 11) is -2.57. The fourth-order valence-electron chi connectivity index (χ4n) is 6.37. The van der Waals surface area contributed by atoms with Crippen molar-refractivity contribution in [2.24, 2.45) is 0 Å². The van der Waals surface area contributed by atoms with Crippen molar-refractivity contribution in [3.8, 4) is 11.5 Å². The monoisotopic (exact) mass is 1020 g/mol. The summed E-state index contributed by atoms with van der Waals surface area (Å²) < 4.78 is 258. The molecule has 0 aliphatic heterocycles. The molecule has 0 aliphatic rings. The Kier molecular flexibility index (Phi) is 19.2. The van der Waals surface area contributed by atoms with Crippen molar-refractivity contribution in [2.45, 2.75) is 118 Å². The second kappa shape index (κ2) is 22.1. The molecular formula is C40H45F17N2O7Si. The first kappa shape index (κ1) is 58.3. The normalized spacial score (nSPS) is 14.5. The lowest BCUT2D eigenvalue weighted by Gasteiger charge is -2.44. The Labute approximate surface area is 372 Å². The second-order valence-electron chi connectivity index (χ2n) is 15.3. The molecule has 0 spiro atoms. The van der Waals surface area contributed by atoms with E-state index in [2.05, 4.69) is 5.32 Å². The van der Waals surface area contributed by atoms with Gasteiger partial charge in [-0.3, -0.25) is 15.3 Å². The number of nitrogens with one attached hydrogen (secondary N) is 2. The molecule has 2 aromatic carbocycles. The minimum atomic E-state index is -8.70. The van der Waals surface area contributed by atoms with Crippen molar-refractivity contribution in [3.05, 3.63) is 78.4 Å². The van der Waals surface area contributed by atoms with E-state index in [-0.39, 0.29) is 12.2 Å². The predicted octanol–water partition coefficient (Wildman–Crippen LogP) is 12.9. The zero-order chi connectivity index (χ0) is 51.7. The molecule has 67 heavy (non-hydrogen) atoms. The first-order chi connectivity index (χ1) is 30.5. The summed E-state index contributed by atoms with van der Waals surface area (Å²) in [4.78, 5) is 24.0. The number of hydrogen-bond acceptors (Lipinski definition) is 7. The van der Waals surface area contributed by atoms with Crippen molar-refractivity contribution in [3.63, 3.8) is 0 Å². The van der Waals surface area contributed by atoms with E-state index >= 15 is 0 Å². The Morgan fingerprint density at radius 2 is 1.16 bits per heavy atom. The van der Waals surface area contributed by atoms with Crippen molar-refractivity contribution in [1.82, 2.24) is 5.48 Å². The van der Waals surface area contributed by atoms with Crippen LogP contribution >= 0.6 is 0 Å². The molecule has 1 atom stereocenters. The van der Waals surface area contributed by atoms with Crippen LogP contribution in [0.3, 0.4) is 0 Å². The average molecular weight is 1020 g/mol. The van der Waals surface area contributed by atoms with Gasteiger partial charge in [-0.15, -0.1) is 0 Å². The van der Waals surface area contributed by atoms with Crippen molar-refractivity contribution in [2.75, 3.05) is 25.6 Å². The summed E-state index contributed by atoms with van der Waals surface area (Å²) in [5, 5.41) is 11.1. The molecular weight excluding hydrogens is 971 g/mol. The summed E-state index contributed by atoms with van der Waals surface area (Å²) in [6.45, 7) is 4.29. The first-order valence-corrected chi connectivity index (χ1v) is 21.8. The number of benzene rings is 2. The van der Waals surface area contributed by atoms with Gasteiger partial charge >= 0.3 is 53.7 Å². The van der Waals surface area contributed by atoms with E-state index in [9.17, 15) is 84.2 Å². The van der Waals surface area contributed by atoms with Gasteiger partial charge in [-0.05, 0) is 71.9 Å². The van der Waals surface area contributed by atoms with Crippen molar-refractivity contribution in [1.29, 1.82) is 0 Å². The van der Waals surface area contributed by atoms with Gasteiger partial charge in [0.05, 0.1) is 13.7 Å². The number of rotatable bonds is 25. The first-order valence-electron chi connectivity index (χ1n) is 19.5. The third-order valence-electron chi connectivity index (χ3n) is 10.3. The maximum Gasteiger partial charge on any atom is 0.460 e. The highest BCUT2D eigenvalue weighted by Crippen LogP contribution is 2.64. The molecule has 0 aromatic heterocycles. The van der Waals surface area contributed by atoms with Gasteiger partial charge in [0.25, 0.3) is 5.91 Å². The topological polar surface area (TPSA) is 115 Å². The molecule has 2 aromatic rings. The maximum absolute atomic E-state index is 15.0. The SMILES string of the molecule is COc1ccc(NC(=O)O[C@@H](CC/C=C/C=C/C(=O)NO)c2ccc(OCCO[Si](CCC(F)(F)C(F)(F)C(F)(F)C(F)(F)C(F)(F)C(F)(F)C(F)(F)C(F)(F)F)(C(C)C)C(C)C)cc2)cc1. The maximum atomic E-state index is 15.0. The van der Waals surface area contributed by atoms with Crippen LogP contribution in [0.5, 0.6) is 11.5 Å². The van der Waals surface area contributed by atoms with Crippen LogP contribution in [-0.4, -0.2) is 93.5 Å². The van der Waals surface area contributed by atoms with Crippen LogP contribution in [0.15, 0.2) is 72.8 Å². The number of carbonyl (C=O) groups is 2. The largest absolute Gasteiger partial charge is 0.497 e. The van der Waals surface area contributed by atoms with Gasteiger partial charge in [0.2, 0.25) is 0 Å². The number of methoxy groups -OCH3 is 1. The lowest BCUT2D eigenvalue weighted by Crippen LogP contribution is -2.74. The molecule has 380 valence electrons.